The molecule has 0 saturated heterocycles. The van der Waals surface area contributed by atoms with E-state index in [0.29, 0.717) is 0 Å². The van der Waals surface area contributed by atoms with Crippen molar-refractivity contribution in [2.45, 2.75) is 6.92 Å². The molecule has 0 radical (unpaired) electrons. The van der Waals surface area contributed by atoms with E-state index in [9.17, 15) is 0 Å². The van der Waals surface area contributed by atoms with E-state index in [1.807, 2.05) is 0 Å². The van der Waals surface area contributed by atoms with Crippen molar-refractivity contribution in [3.63, 3.8) is 0 Å². The molecule has 0 spiro atoms. The molecule has 3 aromatic rings. The van der Waals surface area contributed by atoms with Gasteiger partial charge in [-0.25, -0.2) is 0 Å². The first-order valence-corrected chi connectivity index (χ1v) is 6.68. The van der Waals surface area contributed by atoms with Crippen LogP contribution >= 0.6 is 0 Å². The highest BCUT2D eigenvalue weighted by atomic mass is 16.5. The van der Waals surface area contributed by atoms with E-state index in [2.05, 4.69) is 0 Å². The van der Waals surface area contributed by atoms with Crippen LogP contribution in [0.1, 0.15) is 19.3 Å². The van der Waals surface area contributed by atoms with E-state index in [-0.39, 0.29) is 57.0 Å². The first kappa shape index (κ1) is 5.84. The van der Waals surface area contributed by atoms with E-state index in [0.717, 1.165) is 0 Å². The molecule has 2 heterocycles. The fourth-order valence-electron chi connectivity index (χ4n) is 2.86. The fraction of sp³-hybridized carbons (Fsp3) is 0.0526. The monoisotopic (exact) mass is 294 g/mol. The third-order valence-corrected chi connectivity index (χ3v) is 3.73. The third kappa shape index (κ3) is 1.51. The molecule has 0 N–H and O–H groups in total. The van der Waals surface area contributed by atoms with Crippen LogP contribution in [0.25, 0.3) is 0 Å². The van der Waals surface area contributed by atoms with Crippen LogP contribution in [-0.4, -0.2) is 6.71 Å². The second-order valence-corrected chi connectivity index (χ2v) is 5.07. The Morgan fingerprint density at radius 1 is 0.773 bits per heavy atom. The van der Waals surface area contributed by atoms with Crippen molar-refractivity contribution in [2.24, 2.45) is 0 Å². The van der Waals surface area contributed by atoms with Gasteiger partial charge in [-0.15, -0.1) is 0 Å². The molecule has 2 aliphatic heterocycles. The SMILES string of the molecule is [2H]c1c([2H])c([2H])c2c(c1[2H])Oc1c([2H])c(C)c([2H])c3c1B2c1c([2H])c([2H])c([2H])c([2H])c1O3. The molecule has 0 atom stereocenters. The van der Waals surface area contributed by atoms with E-state index in [1.54, 1.807) is 0 Å². The number of ether oxygens (including phenoxy) is 2. The molecular formula is C19H13BO2. The third-order valence-electron chi connectivity index (χ3n) is 3.73. The Morgan fingerprint density at radius 2 is 1.27 bits per heavy atom. The maximum atomic E-state index is 8.49. The normalized spacial score (nSPS) is 19.8. The van der Waals surface area contributed by atoms with Gasteiger partial charge >= 0.3 is 0 Å². The molecule has 22 heavy (non-hydrogen) atoms. The molecule has 0 amide bonds. The Labute approximate surface area is 143 Å². The molecule has 2 aliphatic rings. The molecule has 3 aromatic carbocycles. The number of rotatable bonds is 0. The number of fused-ring (bicyclic) bond motifs is 4. The molecule has 0 aliphatic carbocycles. The zero-order chi connectivity index (χ0) is 23.4. The summed E-state index contributed by atoms with van der Waals surface area (Å²) in [7, 11) is 0. The minimum absolute atomic E-state index is 0.0259. The topological polar surface area (TPSA) is 18.5 Å². The Morgan fingerprint density at radius 3 is 1.82 bits per heavy atom. The van der Waals surface area contributed by atoms with Crippen LogP contribution in [0.15, 0.2) is 60.4 Å². The summed E-state index contributed by atoms with van der Waals surface area (Å²) < 4.78 is 94.4. The van der Waals surface area contributed by atoms with Crippen molar-refractivity contribution in [3.8, 4) is 23.0 Å². The lowest BCUT2D eigenvalue weighted by atomic mass is 9.35. The van der Waals surface area contributed by atoms with Gasteiger partial charge in [0.05, 0.1) is 13.7 Å². The van der Waals surface area contributed by atoms with Gasteiger partial charge in [0.1, 0.15) is 23.0 Å². The standard InChI is InChI=1S/C19H13BO2/c1-12-10-17-19-18(11-12)22-16-9-5-3-7-14(16)20(19)13-6-2-4-8-15(13)21-17/h2-11H,1H3/i2D,3D,4D,5D,6D,7D,8D,9D,10D,11D. The van der Waals surface area contributed by atoms with Crippen molar-refractivity contribution in [2.75, 3.05) is 0 Å². The molecule has 5 rings (SSSR count). The van der Waals surface area contributed by atoms with Crippen LogP contribution in [0.2, 0.25) is 0 Å². The van der Waals surface area contributed by atoms with Gasteiger partial charge in [0.15, 0.2) is 0 Å². The lowest BCUT2D eigenvalue weighted by Gasteiger charge is -2.33. The second-order valence-electron chi connectivity index (χ2n) is 5.07. The molecule has 0 aromatic heterocycles. The largest absolute Gasteiger partial charge is 0.458 e. The maximum Gasteiger partial charge on any atom is 0.260 e. The quantitative estimate of drug-likeness (QED) is 0.409. The Balaban J connectivity index is 2.03. The summed E-state index contributed by atoms with van der Waals surface area (Å²) in [6, 6.07) is -4.22. The van der Waals surface area contributed by atoms with Crippen LogP contribution < -0.4 is 25.9 Å². The van der Waals surface area contributed by atoms with Gasteiger partial charge in [0.25, 0.3) is 6.71 Å². The van der Waals surface area contributed by atoms with Crippen molar-refractivity contribution in [1.82, 2.24) is 0 Å². The van der Waals surface area contributed by atoms with Crippen LogP contribution in [0.5, 0.6) is 23.0 Å². The highest BCUT2D eigenvalue weighted by Crippen LogP contribution is 2.34. The predicted molar refractivity (Wildman–Crippen MR) is 88.9 cm³/mol. The Bertz CT molecular complexity index is 1270. The number of hydrogen-bond donors (Lipinski definition) is 0. The van der Waals surface area contributed by atoms with E-state index in [1.165, 1.54) is 6.92 Å². The van der Waals surface area contributed by atoms with Gasteiger partial charge in [-0.05, 0) is 47.6 Å². The number of hydrogen-bond acceptors (Lipinski definition) is 2. The maximum absolute atomic E-state index is 8.49. The summed E-state index contributed by atoms with van der Waals surface area (Å²) in [4.78, 5) is 0. The van der Waals surface area contributed by atoms with E-state index in [4.69, 9.17) is 23.2 Å². The molecule has 3 heteroatoms. The van der Waals surface area contributed by atoms with Crippen LogP contribution in [0.4, 0.5) is 0 Å². The average Bonchev–Trinajstić information content (AvgIpc) is 2.79. The molecular weight excluding hydrogens is 271 g/mol. The van der Waals surface area contributed by atoms with Crippen LogP contribution in [-0.2, 0) is 0 Å². The first-order chi connectivity index (χ1) is 15.0. The molecule has 0 saturated carbocycles. The summed E-state index contributed by atoms with van der Waals surface area (Å²) in [6.45, 7) is 0.374. The minimum atomic E-state index is -1.14. The highest BCUT2D eigenvalue weighted by molar-refractivity contribution is 6.98. The van der Waals surface area contributed by atoms with Crippen LogP contribution in [0, 0.1) is 6.92 Å². The average molecular weight is 294 g/mol. The van der Waals surface area contributed by atoms with Gasteiger partial charge in [-0.1, -0.05) is 36.3 Å². The summed E-state index contributed by atoms with van der Waals surface area (Å²) in [6.07, 6.45) is 0. The summed E-state index contributed by atoms with van der Waals surface area (Å²) >= 11 is 0. The lowest BCUT2D eigenvalue weighted by molar-refractivity contribution is 0.464. The zero-order valence-corrected chi connectivity index (χ0v) is 11.4. The summed E-state index contributed by atoms with van der Waals surface area (Å²) in [5.74, 6) is -0.557. The van der Waals surface area contributed by atoms with E-state index >= 15 is 0 Å². The van der Waals surface area contributed by atoms with E-state index < -0.39 is 55.1 Å². The molecule has 0 fully saturated rings. The van der Waals surface area contributed by atoms with Gasteiger partial charge in [0.2, 0.25) is 0 Å². The highest BCUT2D eigenvalue weighted by Gasteiger charge is 2.39. The van der Waals surface area contributed by atoms with Gasteiger partial charge < -0.3 is 9.47 Å². The van der Waals surface area contributed by atoms with Crippen LogP contribution in [0.3, 0.4) is 0 Å². The minimum Gasteiger partial charge on any atom is -0.458 e. The number of benzene rings is 3. The first-order valence-electron chi connectivity index (χ1n) is 11.7. The summed E-state index contributed by atoms with van der Waals surface area (Å²) in [5, 5.41) is 0. The second kappa shape index (κ2) is 4.17. The van der Waals surface area contributed by atoms with Crippen molar-refractivity contribution in [3.05, 3.63) is 66.0 Å². The van der Waals surface area contributed by atoms with Gasteiger partial charge in [-0.3, -0.25) is 0 Å². The van der Waals surface area contributed by atoms with Crippen molar-refractivity contribution < 1.29 is 23.2 Å². The molecule has 0 unspecified atom stereocenters. The van der Waals surface area contributed by atoms with Crippen molar-refractivity contribution in [1.29, 1.82) is 0 Å². The van der Waals surface area contributed by atoms with Gasteiger partial charge in [0, 0.05) is 5.46 Å². The fourth-order valence-corrected chi connectivity index (χ4v) is 2.86. The molecule has 104 valence electrons. The van der Waals surface area contributed by atoms with Crippen molar-refractivity contribution >= 4 is 23.1 Å². The lowest BCUT2D eigenvalue weighted by Crippen LogP contribution is -2.57. The smallest absolute Gasteiger partial charge is 0.260 e. The predicted octanol–water partition coefficient (Wildman–Crippen LogP) is 2.72. The molecule has 2 nitrogen and oxygen atoms in total. The Hall–Kier alpha value is -2.68. The summed E-state index contributed by atoms with van der Waals surface area (Å²) in [5.41, 5.74) is 0.288. The Kier molecular flexibility index (Phi) is 1.11. The van der Waals surface area contributed by atoms with Gasteiger partial charge in [-0.2, -0.15) is 0 Å². The molecule has 0 bridgehead atoms. The zero-order valence-electron chi connectivity index (χ0n) is 21.4. The number of para-hydroxylation sites is 2.